The lowest BCUT2D eigenvalue weighted by Crippen LogP contribution is -2.48. The summed E-state index contributed by atoms with van der Waals surface area (Å²) in [6.07, 6.45) is 7.68. The molecule has 4 aromatic rings. The predicted molar refractivity (Wildman–Crippen MR) is 174 cm³/mol. The number of unbranched alkanes of at least 4 members (excludes halogenated alkanes) is 2. The van der Waals surface area contributed by atoms with Crippen molar-refractivity contribution >= 4 is 11.8 Å². The highest BCUT2D eigenvalue weighted by Gasteiger charge is 2.31. The Labute approximate surface area is 256 Å². The fourth-order valence-electron chi connectivity index (χ4n) is 6.13. The minimum Gasteiger partial charge on any atom is -0.339 e. The summed E-state index contributed by atoms with van der Waals surface area (Å²) in [4.78, 5) is 31.8. The Kier molecular flexibility index (Phi) is 10.1. The van der Waals surface area contributed by atoms with Gasteiger partial charge in [-0.25, -0.2) is 0 Å². The summed E-state index contributed by atoms with van der Waals surface area (Å²) >= 11 is 0. The summed E-state index contributed by atoms with van der Waals surface area (Å²) in [6, 6.07) is 28.4. The molecule has 6 nitrogen and oxygen atoms in total. The van der Waals surface area contributed by atoms with Crippen molar-refractivity contribution in [2.75, 3.05) is 19.6 Å². The van der Waals surface area contributed by atoms with E-state index < -0.39 is 0 Å². The van der Waals surface area contributed by atoms with Gasteiger partial charge in [0.05, 0.1) is 16.8 Å². The van der Waals surface area contributed by atoms with E-state index in [-0.39, 0.29) is 17.9 Å². The molecule has 1 aromatic heterocycles. The predicted octanol–water partition coefficient (Wildman–Crippen LogP) is 6.58. The van der Waals surface area contributed by atoms with E-state index in [2.05, 4.69) is 43.3 Å². The van der Waals surface area contributed by atoms with Gasteiger partial charge < -0.3 is 20.1 Å². The lowest BCUT2D eigenvalue weighted by atomic mass is 9.93. The van der Waals surface area contributed by atoms with Gasteiger partial charge in [0.15, 0.2) is 0 Å². The van der Waals surface area contributed by atoms with E-state index in [1.165, 1.54) is 16.7 Å². The number of carbonyl (C=O) groups is 2. The SMILES string of the molecule is CCCCN(CCCCc1ccccc1)C(=O)c1cc(C)n(-c2ccccc2C(=O)N2Cc3ccccc3C[C@H]2CN)c1. The second-order valence-corrected chi connectivity index (χ2v) is 11.6. The molecule has 0 spiro atoms. The minimum absolute atomic E-state index is 0.0375. The number of fused-ring (bicyclic) bond motifs is 1. The highest BCUT2D eigenvalue weighted by Crippen LogP contribution is 2.28. The third-order valence-electron chi connectivity index (χ3n) is 8.60. The van der Waals surface area contributed by atoms with Crippen molar-refractivity contribution in [3.63, 3.8) is 0 Å². The first-order valence-corrected chi connectivity index (χ1v) is 15.7. The van der Waals surface area contributed by atoms with Gasteiger partial charge in [0.2, 0.25) is 0 Å². The highest BCUT2D eigenvalue weighted by molar-refractivity contribution is 5.99. The van der Waals surface area contributed by atoms with E-state index in [1.807, 2.05) is 76.0 Å². The number of rotatable bonds is 12. The van der Waals surface area contributed by atoms with Crippen LogP contribution in [0.3, 0.4) is 0 Å². The smallest absolute Gasteiger partial charge is 0.256 e. The lowest BCUT2D eigenvalue weighted by molar-refractivity contribution is 0.0647. The van der Waals surface area contributed by atoms with Crippen LogP contribution in [0.4, 0.5) is 0 Å². The third kappa shape index (κ3) is 7.08. The van der Waals surface area contributed by atoms with Crippen LogP contribution in [0.1, 0.15) is 75.7 Å². The van der Waals surface area contributed by atoms with Crippen LogP contribution in [-0.2, 0) is 19.4 Å². The average Bonchev–Trinajstić information content (AvgIpc) is 3.44. The fourth-order valence-corrected chi connectivity index (χ4v) is 6.13. The molecule has 1 aliphatic rings. The molecule has 0 saturated carbocycles. The second-order valence-electron chi connectivity index (χ2n) is 11.6. The van der Waals surface area contributed by atoms with Crippen molar-refractivity contribution in [1.29, 1.82) is 0 Å². The fraction of sp³-hybridized carbons (Fsp3) is 0.351. The number of amides is 2. The number of para-hydroxylation sites is 1. The molecule has 0 fully saturated rings. The van der Waals surface area contributed by atoms with Gasteiger partial charge in [-0.2, -0.15) is 0 Å². The van der Waals surface area contributed by atoms with Crippen LogP contribution in [0.5, 0.6) is 0 Å². The molecular weight excluding hydrogens is 532 g/mol. The normalized spacial score (nSPS) is 14.4. The zero-order valence-corrected chi connectivity index (χ0v) is 25.5. The first-order valence-electron chi connectivity index (χ1n) is 15.7. The van der Waals surface area contributed by atoms with Gasteiger partial charge in [-0.05, 0) is 73.9 Å². The van der Waals surface area contributed by atoms with E-state index in [4.69, 9.17) is 5.73 Å². The van der Waals surface area contributed by atoms with Gasteiger partial charge in [0.1, 0.15) is 0 Å². The number of nitrogens with two attached hydrogens (primary N) is 1. The quantitative estimate of drug-likeness (QED) is 0.194. The molecule has 2 amide bonds. The van der Waals surface area contributed by atoms with Crippen molar-refractivity contribution < 1.29 is 9.59 Å². The number of hydrogen-bond acceptors (Lipinski definition) is 3. The van der Waals surface area contributed by atoms with Crippen LogP contribution in [0.25, 0.3) is 5.69 Å². The van der Waals surface area contributed by atoms with Gasteiger partial charge in [-0.15, -0.1) is 0 Å². The summed E-state index contributed by atoms with van der Waals surface area (Å²) < 4.78 is 1.99. The van der Waals surface area contributed by atoms with Crippen LogP contribution in [0, 0.1) is 6.92 Å². The maximum absolute atomic E-state index is 14.1. The molecule has 0 bridgehead atoms. The molecule has 5 rings (SSSR count). The Morgan fingerprint density at radius 3 is 2.35 bits per heavy atom. The van der Waals surface area contributed by atoms with Gasteiger partial charge in [0.25, 0.3) is 11.8 Å². The average molecular weight is 577 g/mol. The van der Waals surface area contributed by atoms with Crippen LogP contribution in [-0.4, -0.2) is 51.9 Å². The molecule has 2 heterocycles. The summed E-state index contributed by atoms with van der Waals surface area (Å²) in [5, 5.41) is 0. The molecule has 0 radical (unpaired) electrons. The standard InChI is InChI=1S/C37H44N4O2/c1-3-4-21-39(22-13-12-16-29-14-6-5-7-15-29)36(42)32-23-28(2)40(27-32)35-20-11-10-19-34(35)37(43)41-26-31-18-9-8-17-30(31)24-33(41)25-38/h5-11,14-15,17-20,23,27,33H,3-4,12-13,16,21-22,24-26,38H2,1-2H3/t33-/m0/s1. The molecule has 3 aromatic carbocycles. The van der Waals surface area contributed by atoms with E-state index in [1.54, 1.807) is 0 Å². The Morgan fingerprint density at radius 1 is 0.884 bits per heavy atom. The van der Waals surface area contributed by atoms with Crippen molar-refractivity contribution in [1.82, 2.24) is 14.4 Å². The van der Waals surface area contributed by atoms with E-state index >= 15 is 0 Å². The zero-order valence-electron chi connectivity index (χ0n) is 25.5. The van der Waals surface area contributed by atoms with Crippen LogP contribution < -0.4 is 5.73 Å². The number of nitrogens with zero attached hydrogens (tertiary/aromatic N) is 3. The second kappa shape index (κ2) is 14.3. The Hall–Kier alpha value is -4.16. The molecule has 6 heteroatoms. The maximum Gasteiger partial charge on any atom is 0.256 e. The minimum atomic E-state index is -0.0626. The lowest BCUT2D eigenvalue weighted by Gasteiger charge is -2.36. The molecule has 0 unspecified atom stereocenters. The van der Waals surface area contributed by atoms with E-state index in [0.29, 0.717) is 24.2 Å². The monoisotopic (exact) mass is 576 g/mol. The van der Waals surface area contributed by atoms with Gasteiger partial charge in [0, 0.05) is 44.1 Å². The van der Waals surface area contributed by atoms with Crippen molar-refractivity contribution in [2.24, 2.45) is 5.73 Å². The van der Waals surface area contributed by atoms with Crippen LogP contribution in [0.2, 0.25) is 0 Å². The summed E-state index contributed by atoms with van der Waals surface area (Å²) in [6.45, 7) is 6.58. The van der Waals surface area contributed by atoms with Gasteiger partial charge in [-0.3, -0.25) is 9.59 Å². The molecular formula is C37H44N4O2. The van der Waals surface area contributed by atoms with Crippen LogP contribution >= 0.6 is 0 Å². The van der Waals surface area contributed by atoms with Crippen molar-refractivity contribution in [2.45, 2.75) is 65.0 Å². The Bertz CT molecular complexity index is 1530. The number of carbonyl (C=O) groups excluding carboxylic acids is 2. The molecule has 43 heavy (non-hydrogen) atoms. The summed E-state index contributed by atoms with van der Waals surface area (Å²) in [5.74, 6) is 0.0131. The number of aryl methyl sites for hydroxylation is 2. The number of hydrogen-bond donors (Lipinski definition) is 1. The van der Waals surface area contributed by atoms with E-state index in [9.17, 15) is 9.59 Å². The first-order chi connectivity index (χ1) is 21.0. The van der Waals surface area contributed by atoms with Crippen molar-refractivity contribution in [3.05, 3.63) is 125 Å². The van der Waals surface area contributed by atoms with Crippen LogP contribution in [0.15, 0.2) is 91.1 Å². The Morgan fingerprint density at radius 2 is 1.58 bits per heavy atom. The highest BCUT2D eigenvalue weighted by atomic mass is 16.2. The largest absolute Gasteiger partial charge is 0.339 e. The number of aromatic nitrogens is 1. The van der Waals surface area contributed by atoms with E-state index in [0.717, 1.165) is 63.0 Å². The maximum atomic E-state index is 14.1. The summed E-state index contributed by atoms with van der Waals surface area (Å²) in [7, 11) is 0. The molecule has 2 N–H and O–H groups in total. The summed E-state index contributed by atoms with van der Waals surface area (Å²) in [5.41, 5.74) is 12.9. The van der Waals surface area contributed by atoms with Gasteiger partial charge >= 0.3 is 0 Å². The molecule has 224 valence electrons. The van der Waals surface area contributed by atoms with Crippen molar-refractivity contribution in [3.8, 4) is 5.69 Å². The Balaban J connectivity index is 1.34. The third-order valence-corrected chi connectivity index (χ3v) is 8.60. The van der Waals surface area contributed by atoms with Gasteiger partial charge in [-0.1, -0.05) is 80.1 Å². The first kappa shape index (κ1) is 30.3. The molecule has 0 saturated heterocycles. The number of benzene rings is 3. The zero-order chi connectivity index (χ0) is 30.2. The molecule has 1 aliphatic heterocycles. The molecule has 1 atom stereocenters. The topological polar surface area (TPSA) is 71.6 Å². The molecule has 0 aliphatic carbocycles.